The maximum Gasteiger partial charge on any atom is 0.00953 e. The van der Waals surface area contributed by atoms with E-state index in [1.54, 1.807) is 0 Å². The van der Waals surface area contributed by atoms with Gasteiger partial charge >= 0.3 is 0 Å². The Morgan fingerprint density at radius 1 is 1.33 bits per heavy atom. The van der Waals surface area contributed by atoms with Crippen LogP contribution in [-0.4, -0.2) is 12.6 Å². The highest BCUT2D eigenvalue weighted by Crippen LogP contribution is 2.27. The van der Waals surface area contributed by atoms with Crippen LogP contribution in [0.3, 0.4) is 0 Å². The van der Waals surface area contributed by atoms with Crippen LogP contribution < -0.4 is 5.32 Å². The molecular formula is C11H23N. The van der Waals surface area contributed by atoms with E-state index in [9.17, 15) is 0 Å². The highest BCUT2D eigenvalue weighted by molar-refractivity contribution is 4.82. The molecule has 12 heavy (non-hydrogen) atoms. The van der Waals surface area contributed by atoms with Gasteiger partial charge in [-0.25, -0.2) is 0 Å². The van der Waals surface area contributed by atoms with Crippen LogP contribution in [-0.2, 0) is 0 Å². The zero-order chi connectivity index (χ0) is 8.97. The van der Waals surface area contributed by atoms with E-state index in [2.05, 4.69) is 26.1 Å². The van der Waals surface area contributed by atoms with Crippen LogP contribution in [0.5, 0.6) is 0 Å². The normalized spacial score (nSPS) is 30.0. The van der Waals surface area contributed by atoms with Gasteiger partial charge in [-0.3, -0.25) is 0 Å². The molecule has 0 aromatic carbocycles. The van der Waals surface area contributed by atoms with Crippen molar-refractivity contribution in [2.24, 2.45) is 11.8 Å². The van der Waals surface area contributed by atoms with Gasteiger partial charge in [0.25, 0.3) is 0 Å². The molecule has 1 aliphatic rings. The van der Waals surface area contributed by atoms with Gasteiger partial charge in [-0.05, 0) is 31.2 Å². The molecule has 1 aliphatic carbocycles. The van der Waals surface area contributed by atoms with Crippen molar-refractivity contribution in [3.05, 3.63) is 0 Å². The van der Waals surface area contributed by atoms with E-state index in [4.69, 9.17) is 0 Å². The molecular weight excluding hydrogens is 146 g/mol. The summed E-state index contributed by atoms with van der Waals surface area (Å²) in [6, 6.07) is 0.831. The van der Waals surface area contributed by atoms with E-state index in [1.807, 2.05) is 0 Å². The largest absolute Gasteiger partial charge is 0.313 e. The summed E-state index contributed by atoms with van der Waals surface area (Å²) in [7, 11) is 0. The Labute approximate surface area is 76.9 Å². The average molecular weight is 169 g/mol. The highest BCUT2D eigenvalue weighted by Gasteiger charge is 2.24. The number of nitrogens with one attached hydrogen (secondary N) is 1. The Bertz CT molecular complexity index is 120. The Morgan fingerprint density at radius 2 is 2.08 bits per heavy atom. The third kappa shape index (κ3) is 2.78. The van der Waals surface area contributed by atoms with Gasteiger partial charge < -0.3 is 5.32 Å². The van der Waals surface area contributed by atoms with Crippen LogP contribution in [0.1, 0.15) is 46.5 Å². The topological polar surface area (TPSA) is 12.0 Å². The quantitative estimate of drug-likeness (QED) is 0.682. The maximum absolute atomic E-state index is 3.68. The molecule has 1 heteroatoms. The summed E-state index contributed by atoms with van der Waals surface area (Å²) < 4.78 is 0. The molecule has 0 heterocycles. The molecule has 1 N–H and O–H groups in total. The summed E-state index contributed by atoms with van der Waals surface area (Å²) in [5.41, 5.74) is 0. The lowest BCUT2D eigenvalue weighted by Crippen LogP contribution is -2.34. The van der Waals surface area contributed by atoms with Gasteiger partial charge in [-0.2, -0.15) is 0 Å². The standard InChI is InChI=1S/C11H23N/c1-4-10-6-5-7-11(10)12-8-9(2)3/h9-12H,4-8H2,1-3H3. The Balaban J connectivity index is 2.21. The van der Waals surface area contributed by atoms with Gasteiger partial charge in [0, 0.05) is 6.04 Å². The van der Waals surface area contributed by atoms with Crippen molar-refractivity contribution in [1.29, 1.82) is 0 Å². The number of hydrogen-bond acceptors (Lipinski definition) is 1. The number of rotatable bonds is 4. The second kappa shape index (κ2) is 4.86. The Morgan fingerprint density at radius 3 is 2.67 bits per heavy atom. The fraction of sp³-hybridized carbons (Fsp3) is 1.00. The molecule has 0 amide bonds. The third-order valence-electron chi connectivity index (χ3n) is 2.97. The van der Waals surface area contributed by atoms with Crippen LogP contribution in [0.15, 0.2) is 0 Å². The molecule has 0 aromatic heterocycles. The number of hydrogen-bond donors (Lipinski definition) is 1. The van der Waals surface area contributed by atoms with Gasteiger partial charge in [0.2, 0.25) is 0 Å². The van der Waals surface area contributed by atoms with Gasteiger partial charge in [0.1, 0.15) is 0 Å². The predicted molar refractivity (Wildman–Crippen MR) is 54.3 cm³/mol. The third-order valence-corrected chi connectivity index (χ3v) is 2.97. The first-order valence-electron chi connectivity index (χ1n) is 5.47. The molecule has 0 spiro atoms. The summed E-state index contributed by atoms with van der Waals surface area (Å²) in [6.07, 6.45) is 5.65. The van der Waals surface area contributed by atoms with Crippen molar-refractivity contribution in [2.45, 2.75) is 52.5 Å². The zero-order valence-corrected chi connectivity index (χ0v) is 8.77. The molecule has 1 saturated carbocycles. The lowest BCUT2D eigenvalue weighted by Gasteiger charge is -2.20. The molecule has 0 radical (unpaired) electrons. The molecule has 0 saturated heterocycles. The van der Waals surface area contributed by atoms with Gasteiger partial charge in [-0.15, -0.1) is 0 Å². The molecule has 72 valence electrons. The Kier molecular flexibility index (Phi) is 4.07. The first kappa shape index (κ1) is 10.0. The summed E-state index contributed by atoms with van der Waals surface area (Å²) in [5, 5.41) is 3.68. The fourth-order valence-electron chi connectivity index (χ4n) is 2.18. The molecule has 1 rings (SSSR count). The lowest BCUT2D eigenvalue weighted by atomic mass is 10.0. The molecule has 0 aromatic rings. The lowest BCUT2D eigenvalue weighted by molar-refractivity contribution is 0.372. The van der Waals surface area contributed by atoms with Gasteiger partial charge in [-0.1, -0.05) is 33.6 Å². The van der Waals surface area contributed by atoms with E-state index in [-0.39, 0.29) is 0 Å². The molecule has 0 bridgehead atoms. The summed E-state index contributed by atoms with van der Waals surface area (Å²) >= 11 is 0. The van der Waals surface area contributed by atoms with Gasteiger partial charge in [0.15, 0.2) is 0 Å². The minimum absolute atomic E-state index is 0.795. The van der Waals surface area contributed by atoms with Crippen molar-refractivity contribution in [2.75, 3.05) is 6.54 Å². The summed E-state index contributed by atoms with van der Waals surface area (Å²) in [5.74, 6) is 1.76. The second-order valence-corrected chi connectivity index (χ2v) is 4.51. The molecule has 1 nitrogen and oxygen atoms in total. The van der Waals surface area contributed by atoms with Crippen molar-refractivity contribution >= 4 is 0 Å². The van der Waals surface area contributed by atoms with Crippen LogP contribution in [0, 0.1) is 11.8 Å². The van der Waals surface area contributed by atoms with Crippen molar-refractivity contribution in [3.63, 3.8) is 0 Å². The molecule has 1 fully saturated rings. The molecule has 2 unspecified atom stereocenters. The predicted octanol–water partition coefficient (Wildman–Crippen LogP) is 2.81. The molecule has 0 aliphatic heterocycles. The van der Waals surface area contributed by atoms with Gasteiger partial charge in [0.05, 0.1) is 0 Å². The van der Waals surface area contributed by atoms with Crippen LogP contribution >= 0.6 is 0 Å². The van der Waals surface area contributed by atoms with E-state index >= 15 is 0 Å². The maximum atomic E-state index is 3.68. The smallest absolute Gasteiger partial charge is 0.00953 e. The molecule has 2 atom stereocenters. The Hall–Kier alpha value is -0.0400. The summed E-state index contributed by atoms with van der Waals surface area (Å²) in [6.45, 7) is 8.08. The van der Waals surface area contributed by atoms with Crippen molar-refractivity contribution < 1.29 is 0 Å². The zero-order valence-electron chi connectivity index (χ0n) is 8.77. The van der Waals surface area contributed by atoms with E-state index < -0.39 is 0 Å². The van der Waals surface area contributed by atoms with Crippen LogP contribution in [0.2, 0.25) is 0 Å². The SMILES string of the molecule is CCC1CCCC1NCC(C)C. The fourth-order valence-corrected chi connectivity index (χ4v) is 2.18. The minimum Gasteiger partial charge on any atom is -0.313 e. The monoisotopic (exact) mass is 169 g/mol. The van der Waals surface area contributed by atoms with Crippen LogP contribution in [0.4, 0.5) is 0 Å². The van der Waals surface area contributed by atoms with E-state index in [1.165, 1.54) is 32.2 Å². The van der Waals surface area contributed by atoms with Crippen molar-refractivity contribution in [3.8, 4) is 0 Å². The van der Waals surface area contributed by atoms with E-state index in [0.717, 1.165) is 17.9 Å². The second-order valence-electron chi connectivity index (χ2n) is 4.51. The minimum atomic E-state index is 0.795. The average Bonchev–Trinajstić information content (AvgIpc) is 2.47. The summed E-state index contributed by atoms with van der Waals surface area (Å²) in [4.78, 5) is 0. The highest BCUT2D eigenvalue weighted by atomic mass is 14.9. The van der Waals surface area contributed by atoms with E-state index in [0.29, 0.717) is 0 Å². The first-order valence-corrected chi connectivity index (χ1v) is 5.47. The van der Waals surface area contributed by atoms with Crippen molar-refractivity contribution in [1.82, 2.24) is 5.32 Å². The van der Waals surface area contributed by atoms with Crippen LogP contribution in [0.25, 0.3) is 0 Å². The first-order chi connectivity index (χ1) is 5.74.